The summed E-state index contributed by atoms with van der Waals surface area (Å²) in [6.45, 7) is 0. The number of benzene rings is 2. The van der Waals surface area contributed by atoms with Crippen LogP contribution in [0.4, 0.5) is 0 Å². The van der Waals surface area contributed by atoms with Crippen molar-refractivity contribution in [1.82, 2.24) is 4.98 Å². The number of carbonyl (C=O) groups excluding carboxylic acids is 1. The topological polar surface area (TPSA) is 77.6 Å². The van der Waals surface area contributed by atoms with E-state index >= 15 is 0 Å². The van der Waals surface area contributed by atoms with Crippen molar-refractivity contribution < 1.29 is 9.63 Å². The first kappa shape index (κ1) is 17.7. The van der Waals surface area contributed by atoms with Crippen molar-refractivity contribution in [2.24, 2.45) is 10.9 Å². The third-order valence-electron chi connectivity index (χ3n) is 3.55. The Morgan fingerprint density at radius 2 is 1.69 bits per heavy atom. The lowest BCUT2D eigenvalue weighted by Crippen LogP contribution is -2.15. The van der Waals surface area contributed by atoms with Crippen molar-refractivity contribution in [3.8, 4) is 0 Å². The number of hydrogen-bond donors (Lipinski definition) is 1. The lowest BCUT2D eigenvalue weighted by Gasteiger charge is -2.07. The number of oxime groups is 1. The Morgan fingerprint density at radius 3 is 2.46 bits per heavy atom. The molecule has 1 aromatic heterocycles. The molecule has 0 atom stereocenters. The number of thioether (sulfide) groups is 1. The number of rotatable bonds is 6. The van der Waals surface area contributed by atoms with Gasteiger partial charge in [-0.2, -0.15) is 0 Å². The van der Waals surface area contributed by atoms with Crippen LogP contribution in [0.25, 0.3) is 0 Å². The molecule has 1 heterocycles. The Labute approximate surface area is 155 Å². The fraction of sp³-hybridized carbons (Fsp3) is 0.0500. The second-order valence-corrected chi connectivity index (χ2v) is 6.38. The molecule has 0 unspecified atom stereocenters. The first-order valence-electron chi connectivity index (χ1n) is 7.95. The zero-order valence-electron chi connectivity index (χ0n) is 13.9. The van der Waals surface area contributed by atoms with Crippen molar-refractivity contribution in [2.45, 2.75) is 10.6 Å². The van der Waals surface area contributed by atoms with E-state index < -0.39 is 5.97 Å². The van der Waals surface area contributed by atoms with Crippen LogP contribution in [-0.4, -0.2) is 16.8 Å². The van der Waals surface area contributed by atoms with Crippen LogP contribution in [-0.2, 0) is 10.6 Å². The molecule has 0 aliphatic carbocycles. The average molecular weight is 363 g/mol. The summed E-state index contributed by atoms with van der Waals surface area (Å²) in [5.74, 6) is 0.335. The van der Waals surface area contributed by atoms with Crippen LogP contribution in [0.15, 0.2) is 89.2 Å². The minimum atomic E-state index is -0.543. The Kier molecular flexibility index (Phi) is 6.01. The Morgan fingerprint density at radius 1 is 1.00 bits per heavy atom. The smallest absolute Gasteiger partial charge is 0.366 e. The monoisotopic (exact) mass is 363 g/mol. The predicted octanol–water partition coefficient (Wildman–Crippen LogP) is 3.85. The van der Waals surface area contributed by atoms with E-state index in [2.05, 4.69) is 10.1 Å². The minimum absolute atomic E-state index is 0.121. The number of pyridine rings is 1. The Bertz CT molecular complexity index is 899. The maximum Gasteiger partial charge on any atom is 0.366 e. The standard InChI is InChI=1S/C20H17N3O2S/c21-19(16-10-12-22-13-11-16)23-25-20(24)17-8-4-5-9-18(17)26-14-15-6-2-1-3-7-15/h1-13H,14H2,(H2,21,23). The van der Waals surface area contributed by atoms with Gasteiger partial charge in [0.2, 0.25) is 0 Å². The molecule has 0 saturated carbocycles. The molecule has 0 bridgehead atoms. The van der Waals surface area contributed by atoms with Crippen molar-refractivity contribution in [2.75, 3.05) is 0 Å². The molecule has 2 N–H and O–H groups in total. The van der Waals surface area contributed by atoms with Gasteiger partial charge in [-0.1, -0.05) is 47.6 Å². The predicted molar refractivity (Wildman–Crippen MR) is 103 cm³/mol. The van der Waals surface area contributed by atoms with E-state index in [4.69, 9.17) is 10.6 Å². The zero-order valence-corrected chi connectivity index (χ0v) is 14.7. The van der Waals surface area contributed by atoms with E-state index in [1.807, 2.05) is 42.5 Å². The van der Waals surface area contributed by atoms with Gasteiger partial charge in [-0.15, -0.1) is 11.8 Å². The van der Waals surface area contributed by atoms with Crippen LogP contribution in [0.3, 0.4) is 0 Å². The highest BCUT2D eigenvalue weighted by atomic mass is 32.2. The van der Waals surface area contributed by atoms with Gasteiger partial charge in [-0.3, -0.25) is 4.98 Å². The van der Waals surface area contributed by atoms with Gasteiger partial charge in [-0.25, -0.2) is 4.79 Å². The van der Waals surface area contributed by atoms with Crippen LogP contribution in [0.1, 0.15) is 21.5 Å². The molecule has 26 heavy (non-hydrogen) atoms. The van der Waals surface area contributed by atoms with E-state index in [-0.39, 0.29) is 5.84 Å². The van der Waals surface area contributed by atoms with Crippen LogP contribution in [0.2, 0.25) is 0 Å². The van der Waals surface area contributed by atoms with Gasteiger partial charge in [0.1, 0.15) is 0 Å². The SMILES string of the molecule is N/C(=N/OC(=O)c1ccccc1SCc1ccccc1)c1ccncc1. The summed E-state index contributed by atoms with van der Waals surface area (Å²) in [5.41, 5.74) is 8.11. The number of amidine groups is 1. The number of nitrogens with two attached hydrogens (primary N) is 1. The van der Waals surface area contributed by atoms with Gasteiger partial charge in [0, 0.05) is 28.6 Å². The van der Waals surface area contributed by atoms with Gasteiger partial charge in [0.15, 0.2) is 5.84 Å². The van der Waals surface area contributed by atoms with Crippen LogP contribution in [0.5, 0.6) is 0 Å². The number of aromatic nitrogens is 1. The van der Waals surface area contributed by atoms with Crippen LogP contribution < -0.4 is 5.73 Å². The lowest BCUT2D eigenvalue weighted by molar-refractivity contribution is 0.0512. The van der Waals surface area contributed by atoms with Crippen molar-refractivity contribution in [3.05, 3.63) is 95.8 Å². The van der Waals surface area contributed by atoms with Gasteiger partial charge in [0.05, 0.1) is 5.56 Å². The van der Waals surface area contributed by atoms with E-state index in [1.165, 1.54) is 5.56 Å². The molecule has 5 nitrogen and oxygen atoms in total. The molecule has 0 aliphatic heterocycles. The van der Waals surface area contributed by atoms with E-state index in [9.17, 15) is 4.79 Å². The first-order chi connectivity index (χ1) is 12.7. The highest BCUT2D eigenvalue weighted by molar-refractivity contribution is 7.98. The normalized spacial score (nSPS) is 11.2. The third-order valence-corrected chi connectivity index (χ3v) is 4.69. The summed E-state index contributed by atoms with van der Waals surface area (Å²) in [6, 6.07) is 20.7. The molecule has 0 saturated heterocycles. The molecular formula is C20H17N3O2S. The van der Waals surface area contributed by atoms with Crippen molar-refractivity contribution in [1.29, 1.82) is 0 Å². The lowest BCUT2D eigenvalue weighted by atomic mass is 10.2. The zero-order chi connectivity index (χ0) is 18.2. The van der Waals surface area contributed by atoms with Gasteiger partial charge in [-0.05, 0) is 29.8 Å². The summed E-state index contributed by atoms with van der Waals surface area (Å²) in [5, 5.41) is 3.74. The highest BCUT2D eigenvalue weighted by Crippen LogP contribution is 2.26. The summed E-state index contributed by atoms with van der Waals surface area (Å²) in [6.07, 6.45) is 3.18. The first-order valence-corrected chi connectivity index (χ1v) is 8.93. The molecule has 0 radical (unpaired) electrons. The molecule has 0 aliphatic rings. The second-order valence-electron chi connectivity index (χ2n) is 5.36. The third kappa shape index (κ3) is 4.70. The van der Waals surface area contributed by atoms with E-state index in [0.717, 1.165) is 10.6 Å². The summed E-state index contributed by atoms with van der Waals surface area (Å²) >= 11 is 1.57. The highest BCUT2D eigenvalue weighted by Gasteiger charge is 2.13. The molecule has 0 fully saturated rings. The van der Waals surface area contributed by atoms with Crippen LogP contribution in [0, 0.1) is 0 Å². The Balaban J connectivity index is 1.69. The van der Waals surface area contributed by atoms with Gasteiger partial charge < -0.3 is 10.6 Å². The Hall–Kier alpha value is -3.12. The van der Waals surface area contributed by atoms with Crippen molar-refractivity contribution >= 4 is 23.6 Å². The van der Waals surface area contributed by atoms with Gasteiger partial charge in [0.25, 0.3) is 0 Å². The maximum atomic E-state index is 12.4. The van der Waals surface area contributed by atoms with E-state index in [1.54, 1.807) is 48.4 Å². The largest absolute Gasteiger partial charge is 0.380 e. The summed E-state index contributed by atoms with van der Waals surface area (Å²) in [7, 11) is 0. The fourth-order valence-electron chi connectivity index (χ4n) is 2.21. The van der Waals surface area contributed by atoms with Crippen LogP contribution >= 0.6 is 11.8 Å². The summed E-state index contributed by atoms with van der Waals surface area (Å²) < 4.78 is 0. The molecule has 3 rings (SSSR count). The molecule has 6 heteroatoms. The van der Waals surface area contributed by atoms with E-state index in [0.29, 0.717) is 11.1 Å². The quantitative estimate of drug-likeness (QED) is 0.237. The molecule has 2 aromatic carbocycles. The minimum Gasteiger partial charge on any atom is -0.380 e. The van der Waals surface area contributed by atoms with Gasteiger partial charge >= 0.3 is 5.97 Å². The fourth-order valence-corrected chi connectivity index (χ4v) is 3.21. The second kappa shape index (κ2) is 8.82. The summed E-state index contributed by atoms with van der Waals surface area (Å²) in [4.78, 5) is 22.2. The molecule has 130 valence electrons. The number of hydrogen-bond acceptors (Lipinski definition) is 5. The number of nitrogens with zero attached hydrogens (tertiary/aromatic N) is 2. The maximum absolute atomic E-state index is 12.4. The molecular weight excluding hydrogens is 346 g/mol. The molecule has 0 amide bonds. The average Bonchev–Trinajstić information content (AvgIpc) is 2.72. The molecule has 3 aromatic rings. The van der Waals surface area contributed by atoms with Crippen molar-refractivity contribution in [3.63, 3.8) is 0 Å². The molecule has 0 spiro atoms. The number of carbonyl (C=O) groups is 1.